The van der Waals surface area contributed by atoms with Crippen molar-refractivity contribution in [2.24, 2.45) is 11.8 Å². The van der Waals surface area contributed by atoms with Crippen molar-refractivity contribution in [3.05, 3.63) is 94.6 Å². The van der Waals surface area contributed by atoms with E-state index in [0.29, 0.717) is 27.7 Å². The monoisotopic (exact) mass is 541 g/mol. The fraction of sp³-hybridized carbons (Fsp3) is 0.200. The van der Waals surface area contributed by atoms with Gasteiger partial charge in [-0.2, -0.15) is 0 Å². The van der Waals surface area contributed by atoms with Crippen LogP contribution < -0.4 is 15.0 Å². The first kappa shape index (κ1) is 24.9. The van der Waals surface area contributed by atoms with Crippen LogP contribution in [-0.2, 0) is 14.4 Å². The van der Waals surface area contributed by atoms with Crippen LogP contribution in [0.2, 0.25) is 5.02 Å². The summed E-state index contributed by atoms with van der Waals surface area (Å²) in [4.78, 5) is 56.6. The van der Waals surface area contributed by atoms with Crippen LogP contribution in [0.3, 0.4) is 0 Å². The maximum Gasteiger partial charge on any atom is 0.248 e. The molecule has 6 rings (SSSR count). The molecule has 2 saturated heterocycles. The number of anilines is 2. The molecule has 4 atom stereocenters. The topological polar surface area (TPSA) is 96.0 Å². The molecule has 3 aromatic rings. The number of hydrogen-bond donors (Lipinski definition) is 1. The molecule has 1 N–H and O–H groups in total. The van der Waals surface area contributed by atoms with Gasteiger partial charge in [0.05, 0.1) is 36.4 Å². The first-order valence-corrected chi connectivity index (χ1v) is 12.9. The maximum absolute atomic E-state index is 14.0. The third kappa shape index (κ3) is 3.90. The van der Waals surface area contributed by atoms with Crippen molar-refractivity contribution in [1.82, 2.24) is 4.90 Å². The van der Waals surface area contributed by atoms with E-state index in [9.17, 15) is 19.2 Å². The Morgan fingerprint density at radius 2 is 1.67 bits per heavy atom. The Labute approximate surface area is 229 Å². The number of Topliss-reactive ketones (excluding diaryl/α,β-unsaturated/α-hetero) is 1. The van der Waals surface area contributed by atoms with Crippen molar-refractivity contribution in [2.75, 3.05) is 17.3 Å². The molecule has 2 fully saturated rings. The van der Waals surface area contributed by atoms with Crippen LogP contribution in [0.5, 0.6) is 5.75 Å². The molecule has 0 radical (unpaired) electrons. The number of carbonyl (C=O) groups is 4. The first-order valence-electron chi connectivity index (χ1n) is 12.5. The Morgan fingerprint density at radius 3 is 2.38 bits per heavy atom. The number of ether oxygens (including phenoxy) is 1. The highest BCUT2D eigenvalue weighted by atomic mass is 35.5. The summed E-state index contributed by atoms with van der Waals surface area (Å²) in [5, 5.41) is 3.29. The molecule has 3 aromatic carbocycles. The lowest BCUT2D eigenvalue weighted by atomic mass is 9.84. The quantitative estimate of drug-likeness (QED) is 0.371. The SMILES string of the molecule is COc1ccc(Cl)cc1NC(=O)C1C2C(=O)N(c3ccc(C(C)=O)cc3)C(=O)C2C2c3ccccc3C=CN12. The van der Waals surface area contributed by atoms with Crippen LogP contribution in [-0.4, -0.2) is 41.6 Å². The molecule has 3 aliphatic rings. The smallest absolute Gasteiger partial charge is 0.248 e. The summed E-state index contributed by atoms with van der Waals surface area (Å²) in [6.07, 6.45) is 3.68. The largest absolute Gasteiger partial charge is 0.495 e. The molecule has 3 heterocycles. The zero-order valence-corrected chi connectivity index (χ0v) is 21.9. The van der Waals surface area contributed by atoms with Gasteiger partial charge in [-0.25, -0.2) is 4.90 Å². The second-order valence-electron chi connectivity index (χ2n) is 9.78. The third-order valence-corrected chi connectivity index (χ3v) is 7.92. The minimum atomic E-state index is -0.966. The minimum absolute atomic E-state index is 0.119. The molecule has 0 spiro atoms. The standard InChI is InChI=1S/C30H24ClN3O5/c1-16(35)17-7-10-20(11-8-17)34-29(37)24-25(30(34)38)27(28(36)32-22-15-19(31)9-12-23(22)39-2)33-14-13-18-5-3-4-6-21(18)26(24)33/h3-15,24-27H,1-2H3,(H,32,36). The van der Waals surface area contributed by atoms with Crippen molar-refractivity contribution in [2.45, 2.75) is 19.0 Å². The van der Waals surface area contributed by atoms with E-state index in [-0.39, 0.29) is 11.7 Å². The van der Waals surface area contributed by atoms with Crippen LogP contribution in [0.1, 0.15) is 34.5 Å². The first-order chi connectivity index (χ1) is 18.8. The van der Waals surface area contributed by atoms with E-state index in [0.717, 1.165) is 16.0 Å². The van der Waals surface area contributed by atoms with Crippen LogP contribution in [0.15, 0.2) is 72.9 Å². The number of benzene rings is 3. The van der Waals surface area contributed by atoms with Crippen LogP contribution in [0.4, 0.5) is 11.4 Å². The highest BCUT2D eigenvalue weighted by molar-refractivity contribution is 6.31. The van der Waals surface area contributed by atoms with Gasteiger partial charge in [-0.05, 0) is 66.6 Å². The number of ketones is 1. The van der Waals surface area contributed by atoms with Gasteiger partial charge in [-0.15, -0.1) is 0 Å². The van der Waals surface area contributed by atoms with Crippen molar-refractivity contribution in [3.8, 4) is 5.75 Å². The third-order valence-electron chi connectivity index (χ3n) is 7.68. The second-order valence-corrected chi connectivity index (χ2v) is 10.2. The molecule has 8 nitrogen and oxygen atoms in total. The number of imide groups is 1. The van der Waals surface area contributed by atoms with Crippen molar-refractivity contribution in [1.29, 1.82) is 0 Å². The van der Waals surface area contributed by atoms with E-state index in [1.165, 1.54) is 14.0 Å². The number of carbonyl (C=O) groups excluding carboxylic acids is 4. The maximum atomic E-state index is 14.0. The van der Waals surface area contributed by atoms with E-state index >= 15 is 0 Å². The predicted octanol–water partition coefficient (Wildman–Crippen LogP) is 4.71. The molecule has 0 aromatic heterocycles. The molecule has 39 heavy (non-hydrogen) atoms. The van der Waals surface area contributed by atoms with Gasteiger partial charge in [-0.3, -0.25) is 19.2 Å². The number of nitrogens with one attached hydrogen (secondary N) is 1. The number of halogens is 1. The average molecular weight is 542 g/mol. The predicted molar refractivity (Wildman–Crippen MR) is 146 cm³/mol. The van der Waals surface area contributed by atoms with Crippen molar-refractivity contribution >= 4 is 52.6 Å². The Balaban J connectivity index is 1.43. The molecule has 0 bridgehead atoms. The van der Waals surface area contributed by atoms with Crippen LogP contribution in [0.25, 0.3) is 6.08 Å². The fourth-order valence-corrected chi connectivity index (χ4v) is 6.11. The van der Waals surface area contributed by atoms with Gasteiger partial charge in [0, 0.05) is 16.8 Å². The van der Waals surface area contributed by atoms with Gasteiger partial charge in [0.15, 0.2) is 5.78 Å². The molecule has 0 saturated carbocycles. The van der Waals surface area contributed by atoms with E-state index in [2.05, 4.69) is 5.32 Å². The number of fused-ring (bicyclic) bond motifs is 5. The lowest BCUT2D eigenvalue weighted by Gasteiger charge is -2.35. The Bertz CT molecular complexity index is 1570. The number of rotatable bonds is 5. The number of nitrogens with zero attached hydrogens (tertiary/aromatic N) is 2. The number of amides is 3. The molecule has 4 unspecified atom stereocenters. The molecule has 0 aliphatic carbocycles. The Kier molecular flexibility index (Phi) is 5.99. The van der Waals surface area contributed by atoms with Crippen molar-refractivity contribution < 1.29 is 23.9 Å². The molecular formula is C30H24ClN3O5. The van der Waals surface area contributed by atoms with Gasteiger partial charge in [0.1, 0.15) is 11.8 Å². The molecule has 3 aliphatic heterocycles. The molecular weight excluding hydrogens is 518 g/mol. The van der Waals surface area contributed by atoms with E-state index in [1.54, 1.807) is 48.7 Å². The number of hydrogen-bond acceptors (Lipinski definition) is 6. The highest BCUT2D eigenvalue weighted by Gasteiger charge is 2.64. The average Bonchev–Trinajstić information content (AvgIpc) is 3.41. The van der Waals surface area contributed by atoms with Crippen LogP contribution >= 0.6 is 11.6 Å². The second kappa shape index (κ2) is 9.39. The summed E-state index contributed by atoms with van der Waals surface area (Å²) in [5.74, 6) is -2.71. The summed E-state index contributed by atoms with van der Waals surface area (Å²) in [7, 11) is 1.49. The van der Waals surface area contributed by atoms with Gasteiger partial charge in [0.25, 0.3) is 0 Å². The highest BCUT2D eigenvalue weighted by Crippen LogP contribution is 2.53. The molecule has 3 amide bonds. The van der Waals surface area contributed by atoms with Gasteiger partial charge in [-0.1, -0.05) is 35.9 Å². The summed E-state index contributed by atoms with van der Waals surface area (Å²) in [5.41, 5.74) is 3.01. The van der Waals surface area contributed by atoms with Gasteiger partial charge in [0.2, 0.25) is 17.7 Å². The summed E-state index contributed by atoms with van der Waals surface area (Å²) >= 11 is 6.18. The summed E-state index contributed by atoms with van der Waals surface area (Å²) in [6.45, 7) is 1.45. The Morgan fingerprint density at radius 1 is 0.949 bits per heavy atom. The summed E-state index contributed by atoms with van der Waals surface area (Å²) in [6, 6.07) is 17.4. The zero-order chi connectivity index (χ0) is 27.4. The lowest BCUT2D eigenvalue weighted by molar-refractivity contribution is -0.128. The van der Waals surface area contributed by atoms with E-state index in [1.807, 2.05) is 35.2 Å². The molecule has 196 valence electrons. The van der Waals surface area contributed by atoms with E-state index in [4.69, 9.17) is 16.3 Å². The van der Waals surface area contributed by atoms with Crippen LogP contribution in [0, 0.1) is 11.8 Å². The van der Waals surface area contributed by atoms with Gasteiger partial charge >= 0.3 is 0 Å². The zero-order valence-electron chi connectivity index (χ0n) is 21.1. The van der Waals surface area contributed by atoms with Gasteiger partial charge < -0.3 is 15.0 Å². The van der Waals surface area contributed by atoms with E-state index < -0.39 is 35.7 Å². The lowest BCUT2D eigenvalue weighted by Crippen LogP contribution is -2.46. The number of methoxy groups -OCH3 is 1. The fourth-order valence-electron chi connectivity index (χ4n) is 5.94. The normalized spacial score (nSPS) is 22.8. The summed E-state index contributed by atoms with van der Waals surface area (Å²) < 4.78 is 5.39. The van der Waals surface area contributed by atoms with Crippen molar-refractivity contribution in [3.63, 3.8) is 0 Å². The Hall–Kier alpha value is -4.43. The molecule has 9 heteroatoms. The minimum Gasteiger partial charge on any atom is -0.495 e.